The lowest BCUT2D eigenvalue weighted by molar-refractivity contribution is -0.139. The minimum absolute atomic E-state index is 0.0549. The van der Waals surface area contributed by atoms with E-state index in [-0.39, 0.29) is 11.3 Å². The highest BCUT2D eigenvalue weighted by Gasteiger charge is 2.46. The van der Waals surface area contributed by atoms with Crippen LogP contribution in [0.25, 0.3) is 5.76 Å². The predicted molar refractivity (Wildman–Crippen MR) is 149 cm³/mol. The first-order valence-corrected chi connectivity index (χ1v) is 12.8. The SMILES string of the molecule is COc1cc(C2C(=C(O)c3ccccc3)C(=O)C(=O)N2CCc2ccccc2)ccc1OCc1ccccc1. The molecule has 1 aliphatic heterocycles. The summed E-state index contributed by atoms with van der Waals surface area (Å²) in [5.41, 5.74) is 3.23. The van der Waals surface area contributed by atoms with Crippen molar-refractivity contribution in [3.05, 3.63) is 137 Å². The van der Waals surface area contributed by atoms with Crippen LogP contribution in [0.4, 0.5) is 0 Å². The number of rotatable bonds is 9. The molecule has 1 saturated heterocycles. The Kier molecular flexibility index (Phi) is 7.73. The van der Waals surface area contributed by atoms with Gasteiger partial charge in [-0.2, -0.15) is 0 Å². The summed E-state index contributed by atoms with van der Waals surface area (Å²) < 4.78 is 11.7. The van der Waals surface area contributed by atoms with Gasteiger partial charge in [0, 0.05) is 12.1 Å². The van der Waals surface area contributed by atoms with Gasteiger partial charge < -0.3 is 19.5 Å². The van der Waals surface area contributed by atoms with Gasteiger partial charge >= 0.3 is 0 Å². The van der Waals surface area contributed by atoms with Crippen molar-refractivity contribution in [3.63, 3.8) is 0 Å². The molecule has 6 heteroatoms. The van der Waals surface area contributed by atoms with Gasteiger partial charge in [0.05, 0.1) is 18.7 Å². The maximum Gasteiger partial charge on any atom is 0.295 e. The van der Waals surface area contributed by atoms with Gasteiger partial charge in [-0.05, 0) is 35.2 Å². The first-order valence-electron chi connectivity index (χ1n) is 12.8. The van der Waals surface area contributed by atoms with Gasteiger partial charge in [-0.1, -0.05) is 97.1 Å². The highest BCUT2D eigenvalue weighted by Crippen LogP contribution is 2.42. The van der Waals surface area contributed by atoms with Gasteiger partial charge in [0.2, 0.25) is 0 Å². The van der Waals surface area contributed by atoms with Crippen molar-refractivity contribution in [2.45, 2.75) is 19.1 Å². The molecule has 1 atom stereocenters. The second-order valence-electron chi connectivity index (χ2n) is 9.28. The maximum atomic E-state index is 13.3. The van der Waals surface area contributed by atoms with E-state index >= 15 is 0 Å². The molecule has 0 aliphatic carbocycles. The number of Topliss-reactive ketones (excluding diaryl/α,β-unsaturated/α-hetero) is 1. The summed E-state index contributed by atoms with van der Waals surface area (Å²) >= 11 is 0. The maximum absolute atomic E-state index is 13.3. The number of aliphatic hydroxyl groups is 1. The molecule has 1 heterocycles. The molecule has 5 rings (SSSR count). The number of benzene rings is 4. The Hall–Kier alpha value is -4.84. The molecule has 1 fully saturated rings. The van der Waals surface area contributed by atoms with Crippen LogP contribution in [0.3, 0.4) is 0 Å². The van der Waals surface area contributed by atoms with Crippen LogP contribution < -0.4 is 9.47 Å². The fourth-order valence-corrected chi connectivity index (χ4v) is 4.81. The molecule has 196 valence electrons. The fourth-order valence-electron chi connectivity index (χ4n) is 4.81. The second-order valence-corrected chi connectivity index (χ2v) is 9.28. The van der Waals surface area contributed by atoms with E-state index in [1.807, 2.05) is 72.8 Å². The summed E-state index contributed by atoms with van der Waals surface area (Å²) in [6.07, 6.45) is 0.561. The van der Waals surface area contributed by atoms with Gasteiger partial charge in [-0.25, -0.2) is 0 Å². The molecule has 39 heavy (non-hydrogen) atoms. The van der Waals surface area contributed by atoms with E-state index in [9.17, 15) is 14.7 Å². The van der Waals surface area contributed by atoms with Crippen molar-refractivity contribution in [3.8, 4) is 11.5 Å². The third kappa shape index (κ3) is 5.55. The first-order chi connectivity index (χ1) is 19.1. The van der Waals surface area contributed by atoms with Crippen molar-refractivity contribution in [1.29, 1.82) is 0 Å². The number of nitrogens with zero attached hydrogens (tertiary/aromatic N) is 1. The second kappa shape index (κ2) is 11.7. The molecule has 0 bridgehead atoms. The number of hydrogen-bond donors (Lipinski definition) is 1. The van der Waals surface area contributed by atoms with Gasteiger partial charge in [0.1, 0.15) is 12.4 Å². The molecule has 4 aromatic carbocycles. The number of ketones is 1. The Morgan fingerprint density at radius 1 is 0.795 bits per heavy atom. The van der Waals surface area contributed by atoms with E-state index in [1.165, 1.54) is 4.90 Å². The number of methoxy groups -OCH3 is 1. The normalized spacial score (nSPS) is 16.3. The van der Waals surface area contributed by atoms with Crippen LogP contribution in [0.15, 0.2) is 115 Å². The first kappa shape index (κ1) is 25.8. The van der Waals surface area contributed by atoms with E-state index < -0.39 is 17.7 Å². The summed E-state index contributed by atoms with van der Waals surface area (Å²) in [7, 11) is 1.55. The average Bonchev–Trinajstić information content (AvgIpc) is 3.25. The van der Waals surface area contributed by atoms with Crippen molar-refractivity contribution in [2.75, 3.05) is 13.7 Å². The van der Waals surface area contributed by atoms with Crippen molar-refractivity contribution in [2.24, 2.45) is 0 Å². The van der Waals surface area contributed by atoms with Crippen LogP contribution in [-0.4, -0.2) is 35.4 Å². The largest absolute Gasteiger partial charge is 0.507 e. The molecule has 4 aromatic rings. The minimum atomic E-state index is -0.786. The van der Waals surface area contributed by atoms with Crippen LogP contribution in [0.5, 0.6) is 11.5 Å². The summed E-state index contributed by atoms with van der Waals surface area (Å²) in [6.45, 7) is 0.666. The monoisotopic (exact) mass is 519 g/mol. The number of hydrogen-bond acceptors (Lipinski definition) is 5. The Balaban J connectivity index is 1.53. The van der Waals surface area contributed by atoms with Crippen LogP contribution in [0, 0.1) is 0 Å². The van der Waals surface area contributed by atoms with Gasteiger partial charge in [0.25, 0.3) is 11.7 Å². The topological polar surface area (TPSA) is 76.1 Å². The lowest BCUT2D eigenvalue weighted by Crippen LogP contribution is -2.31. The number of amides is 1. The molecule has 1 amide bonds. The summed E-state index contributed by atoms with van der Waals surface area (Å²) in [5.74, 6) is -0.551. The van der Waals surface area contributed by atoms with Crippen LogP contribution in [0.1, 0.15) is 28.3 Å². The van der Waals surface area contributed by atoms with E-state index in [1.54, 1.807) is 43.5 Å². The van der Waals surface area contributed by atoms with E-state index in [0.29, 0.717) is 42.2 Å². The molecule has 0 radical (unpaired) electrons. The lowest BCUT2D eigenvalue weighted by atomic mass is 9.95. The Bertz CT molecular complexity index is 1480. The van der Waals surface area contributed by atoms with Crippen LogP contribution in [0.2, 0.25) is 0 Å². The standard InChI is InChI=1S/C33H29NO5/c1-38-28-21-26(17-18-27(28)39-22-24-13-7-3-8-14-24)30-29(31(35)25-15-9-4-10-16-25)32(36)33(37)34(30)20-19-23-11-5-2-6-12-23/h2-18,21,30,35H,19-20,22H2,1H3. The Morgan fingerprint density at radius 2 is 1.41 bits per heavy atom. The minimum Gasteiger partial charge on any atom is -0.507 e. The molecular weight excluding hydrogens is 490 g/mol. The van der Waals surface area contributed by atoms with Gasteiger partial charge in [0.15, 0.2) is 11.5 Å². The van der Waals surface area contributed by atoms with Gasteiger partial charge in [-0.3, -0.25) is 9.59 Å². The average molecular weight is 520 g/mol. The third-order valence-corrected chi connectivity index (χ3v) is 6.81. The lowest BCUT2D eigenvalue weighted by Gasteiger charge is -2.26. The third-order valence-electron chi connectivity index (χ3n) is 6.81. The Morgan fingerprint density at radius 3 is 2.05 bits per heavy atom. The zero-order valence-electron chi connectivity index (χ0n) is 21.6. The van der Waals surface area contributed by atoms with E-state index in [2.05, 4.69) is 0 Å². The highest BCUT2D eigenvalue weighted by molar-refractivity contribution is 6.46. The molecule has 1 aliphatic rings. The predicted octanol–water partition coefficient (Wildman–Crippen LogP) is 5.94. The Labute approximate surface area is 227 Å². The van der Waals surface area contributed by atoms with Crippen LogP contribution >= 0.6 is 0 Å². The van der Waals surface area contributed by atoms with Crippen molar-refractivity contribution < 1.29 is 24.2 Å². The van der Waals surface area contributed by atoms with Crippen LogP contribution in [-0.2, 0) is 22.6 Å². The molecule has 0 saturated carbocycles. The van der Waals surface area contributed by atoms with E-state index in [4.69, 9.17) is 9.47 Å². The number of carbonyl (C=O) groups is 2. The van der Waals surface area contributed by atoms with Gasteiger partial charge in [-0.15, -0.1) is 0 Å². The molecule has 0 spiro atoms. The molecule has 1 unspecified atom stereocenters. The zero-order valence-corrected chi connectivity index (χ0v) is 21.6. The number of aliphatic hydroxyl groups excluding tert-OH is 1. The quantitative estimate of drug-likeness (QED) is 0.168. The number of likely N-dealkylation sites (tertiary alicyclic amines) is 1. The molecular formula is C33H29NO5. The molecule has 6 nitrogen and oxygen atoms in total. The highest BCUT2D eigenvalue weighted by atomic mass is 16.5. The zero-order chi connectivity index (χ0) is 27.2. The number of ether oxygens (including phenoxy) is 2. The summed E-state index contributed by atoms with van der Waals surface area (Å²) in [4.78, 5) is 28.2. The molecule has 1 N–H and O–H groups in total. The summed E-state index contributed by atoms with van der Waals surface area (Å²) in [5, 5.41) is 11.3. The smallest absolute Gasteiger partial charge is 0.295 e. The van der Waals surface area contributed by atoms with Crippen molar-refractivity contribution in [1.82, 2.24) is 4.90 Å². The fraction of sp³-hybridized carbons (Fsp3) is 0.152. The number of carbonyl (C=O) groups excluding carboxylic acids is 2. The van der Waals surface area contributed by atoms with Crippen molar-refractivity contribution >= 4 is 17.4 Å². The van der Waals surface area contributed by atoms with E-state index in [0.717, 1.165) is 11.1 Å². The summed E-state index contributed by atoms with van der Waals surface area (Å²) in [6, 6.07) is 33.0. The molecule has 0 aromatic heterocycles.